The summed E-state index contributed by atoms with van der Waals surface area (Å²) in [5.74, 6) is -0.144. The minimum atomic E-state index is -0.215. The molecule has 0 unspecified atom stereocenters. The highest BCUT2D eigenvalue weighted by Gasteiger charge is 2.23. The number of aryl methyl sites for hydroxylation is 1. The molecule has 1 aliphatic heterocycles. The Labute approximate surface area is 183 Å². The molecular weight excluding hydrogens is 389 g/mol. The van der Waals surface area contributed by atoms with Gasteiger partial charge in [-0.05, 0) is 30.2 Å². The summed E-state index contributed by atoms with van der Waals surface area (Å²) in [5, 5.41) is 3.46. The molecule has 1 amide bonds. The van der Waals surface area contributed by atoms with Crippen molar-refractivity contribution in [3.63, 3.8) is 0 Å². The van der Waals surface area contributed by atoms with Crippen molar-refractivity contribution in [3.05, 3.63) is 101 Å². The van der Waals surface area contributed by atoms with E-state index in [0.717, 1.165) is 11.1 Å². The van der Waals surface area contributed by atoms with Crippen LogP contribution in [0.3, 0.4) is 0 Å². The standard InChI is InChI=1S/C26H28FN3O/c1-20-11-13-22(14-12-20)26(21-7-3-2-4-8-21)28-19-25(31)30-17-15-29(16-18-30)24-10-6-5-9-23(24)27/h2-14,26,28H,15-19H2,1H3/t26-/m1/s1. The molecule has 0 aliphatic carbocycles. The second-order valence-corrected chi connectivity index (χ2v) is 7.95. The Morgan fingerprint density at radius 1 is 0.871 bits per heavy atom. The molecule has 0 spiro atoms. The Kier molecular flexibility index (Phi) is 6.63. The van der Waals surface area contributed by atoms with Crippen molar-refractivity contribution >= 4 is 11.6 Å². The second-order valence-electron chi connectivity index (χ2n) is 7.95. The number of para-hydroxylation sites is 1. The first kappa shape index (κ1) is 21.1. The molecular formula is C26H28FN3O. The molecule has 5 heteroatoms. The van der Waals surface area contributed by atoms with Gasteiger partial charge in [0, 0.05) is 26.2 Å². The van der Waals surface area contributed by atoms with Gasteiger partial charge in [-0.3, -0.25) is 10.1 Å². The number of hydrogen-bond acceptors (Lipinski definition) is 3. The number of rotatable bonds is 6. The van der Waals surface area contributed by atoms with E-state index in [2.05, 4.69) is 48.6 Å². The Hall–Kier alpha value is -3.18. The fourth-order valence-electron chi connectivity index (χ4n) is 4.04. The van der Waals surface area contributed by atoms with E-state index in [-0.39, 0.29) is 24.3 Å². The van der Waals surface area contributed by atoms with Crippen molar-refractivity contribution in [2.75, 3.05) is 37.6 Å². The third kappa shape index (κ3) is 5.12. The summed E-state index contributed by atoms with van der Waals surface area (Å²) < 4.78 is 14.1. The van der Waals surface area contributed by atoms with Crippen LogP contribution in [-0.2, 0) is 4.79 Å². The average Bonchev–Trinajstić information content (AvgIpc) is 2.81. The molecule has 1 aliphatic rings. The van der Waals surface area contributed by atoms with Gasteiger partial charge in [0.2, 0.25) is 5.91 Å². The molecule has 0 radical (unpaired) electrons. The maximum Gasteiger partial charge on any atom is 0.236 e. The minimum Gasteiger partial charge on any atom is -0.366 e. The number of benzene rings is 3. The molecule has 1 heterocycles. The number of carbonyl (C=O) groups is 1. The van der Waals surface area contributed by atoms with Crippen molar-refractivity contribution in [1.82, 2.24) is 10.2 Å². The first-order chi connectivity index (χ1) is 15.1. The molecule has 4 nitrogen and oxygen atoms in total. The van der Waals surface area contributed by atoms with Gasteiger partial charge in [0.1, 0.15) is 5.82 Å². The summed E-state index contributed by atoms with van der Waals surface area (Å²) in [6, 6.07) is 25.3. The van der Waals surface area contributed by atoms with Crippen molar-refractivity contribution < 1.29 is 9.18 Å². The number of nitrogens with zero attached hydrogens (tertiary/aromatic N) is 2. The normalized spacial score (nSPS) is 15.0. The van der Waals surface area contributed by atoms with Crippen LogP contribution in [0.25, 0.3) is 0 Å². The second kappa shape index (κ2) is 9.75. The number of anilines is 1. The molecule has 0 saturated carbocycles. The van der Waals surface area contributed by atoms with Gasteiger partial charge >= 0.3 is 0 Å². The summed E-state index contributed by atoms with van der Waals surface area (Å²) in [5.41, 5.74) is 4.08. The number of hydrogen-bond donors (Lipinski definition) is 1. The SMILES string of the molecule is Cc1ccc([C@H](NCC(=O)N2CCN(c3ccccc3F)CC2)c2ccccc2)cc1. The highest BCUT2D eigenvalue weighted by molar-refractivity contribution is 5.78. The predicted molar refractivity (Wildman–Crippen MR) is 123 cm³/mol. The number of halogens is 1. The van der Waals surface area contributed by atoms with Gasteiger partial charge in [0.05, 0.1) is 18.3 Å². The zero-order valence-electron chi connectivity index (χ0n) is 17.8. The van der Waals surface area contributed by atoms with E-state index in [1.54, 1.807) is 12.1 Å². The van der Waals surface area contributed by atoms with Crippen LogP contribution in [0.5, 0.6) is 0 Å². The Balaban J connectivity index is 1.38. The molecule has 1 N–H and O–H groups in total. The summed E-state index contributed by atoms with van der Waals surface area (Å²) in [6.07, 6.45) is 0. The third-order valence-electron chi connectivity index (χ3n) is 5.83. The molecule has 1 atom stereocenters. The van der Waals surface area contributed by atoms with Crippen LogP contribution in [0.15, 0.2) is 78.9 Å². The number of amides is 1. The van der Waals surface area contributed by atoms with Crippen LogP contribution in [-0.4, -0.2) is 43.5 Å². The molecule has 0 aromatic heterocycles. The van der Waals surface area contributed by atoms with Crippen molar-refractivity contribution in [2.24, 2.45) is 0 Å². The zero-order valence-corrected chi connectivity index (χ0v) is 17.8. The maximum atomic E-state index is 14.1. The lowest BCUT2D eigenvalue weighted by Gasteiger charge is -2.36. The molecule has 31 heavy (non-hydrogen) atoms. The summed E-state index contributed by atoms with van der Waals surface area (Å²) in [6.45, 7) is 4.77. The van der Waals surface area contributed by atoms with Crippen LogP contribution < -0.4 is 10.2 Å². The van der Waals surface area contributed by atoms with E-state index < -0.39 is 0 Å². The van der Waals surface area contributed by atoms with Crippen LogP contribution >= 0.6 is 0 Å². The molecule has 1 fully saturated rings. The van der Waals surface area contributed by atoms with Gasteiger partial charge in [-0.2, -0.15) is 0 Å². The third-order valence-corrected chi connectivity index (χ3v) is 5.83. The molecule has 160 valence electrons. The van der Waals surface area contributed by atoms with Gasteiger partial charge in [0.25, 0.3) is 0 Å². The summed E-state index contributed by atoms with van der Waals surface area (Å²) in [4.78, 5) is 16.8. The predicted octanol–water partition coefficient (Wildman–Crippen LogP) is 4.16. The Morgan fingerprint density at radius 2 is 1.48 bits per heavy atom. The van der Waals surface area contributed by atoms with Crippen molar-refractivity contribution in [1.29, 1.82) is 0 Å². The van der Waals surface area contributed by atoms with Crippen LogP contribution in [0.4, 0.5) is 10.1 Å². The summed E-state index contributed by atoms with van der Waals surface area (Å²) >= 11 is 0. The fourth-order valence-corrected chi connectivity index (χ4v) is 4.04. The lowest BCUT2D eigenvalue weighted by atomic mass is 9.98. The van der Waals surface area contributed by atoms with Crippen LogP contribution in [0.1, 0.15) is 22.7 Å². The molecule has 0 bridgehead atoms. The van der Waals surface area contributed by atoms with Crippen LogP contribution in [0, 0.1) is 12.7 Å². The number of nitrogens with one attached hydrogen (secondary N) is 1. The molecule has 3 aromatic carbocycles. The van der Waals surface area contributed by atoms with E-state index in [1.165, 1.54) is 11.6 Å². The minimum absolute atomic E-state index is 0.0505. The molecule has 1 saturated heterocycles. The highest BCUT2D eigenvalue weighted by atomic mass is 19.1. The average molecular weight is 418 g/mol. The first-order valence-corrected chi connectivity index (χ1v) is 10.7. The van der Waals surface area contributed by atoms with E-state index >= 15 is 0 Å². The van der Waals surface area contributed by atoms with Gasteiger partial charge in [0.15, 0.2) is 0 Å². The number of piperazine rings is 1. The van der Waals surface area contributed by atoms with Crippen molar-refractivity contribution in [3.8, 4) is 0 Å². The van der Waals surface area contributed by atoms with E-state index in [4.69, 9.17) is 0 Å². The van der Waals surface area contributed by atoms with Crippen molar-refractivity contribution in [2.45, 2.75) is 13.0 Å². The van der Waals surface area contributed by atoms with Crippen LogP contribution in [0.2, 0.25) is 0 Å². The number of carbonyl (C=O) groups excluding carboxylic acids is 1. The van der Waals surface area contributed by atoms with Gasteiger partial charge in [-0.1, -0.05) is 72.3 Å². The summed E-state index contributed by atoms with van der Waals surface area (Å²) in [7, 11) is 0. The smallest absolute Gasteiger partial charge is 0.236 e. The van der Waals surface area contributed by atoms with E-state index in [9.17, 15) is 9.18 Å². The largest absolute Gasteiger partial charge is 0.366 e. The molecule has 4 rings (SSSR count). The quantitative estimate of drug-likeness (QED) is 0.654. The monoisotopic (exact) mass is 417 g/mol. The lowest BCUT2D eigenvalue weighted by molar-refractivity contribution is -0.130. The fraction of sp³-hybridized carbons (Fsp3) is 0.269. The topological polar surface area (TPSA) is 35.6 Å². The van der Waals surface area contributed by atoms with E-state index in [0.29, 0.717) is 31.9 Å². The van der Waals surface area contributed by atoms with Gasteiger partial charge in [-0.15, -0.1) is 0 Å². The van der Waals surface area contributed by atoms with E-state index in [1.807, 2.05) is 34.1 Å². The van der Waals surface area contributed by atoms with Gasteiger partial charge < -0.3 is 9.80 Å². The first-order valence-electron chi connectivity index (χ1n) is 10.7. The highest BCUT2D eigenvalue weighted by Crippen LogP contribution is 2.23. The zero-order chi connectivity index (χ0) is 21.6. The molecule has 3 aromatic rings. The Bertz CT molecular complexity index is 999. The lowest BCUT2D eigenvalue weighted by Crippen LogP contribution is -2.51. The van der Waals surface area contributed by atoms with Gasteiger partial charge in [-0.25, -0.2) is 4.39 Å². The Morgan fingerprint density at radius 3 is 2.16 bits per heavy atom. The maximum absolute atomic E-state index is 14.1.